The summed E-state index contributed by atoms with van der Waals surface area (Å²) in [6.07, 6.45) is 0. The number of rotatable bonds is 5. The second-order valence-electron chi connectivity index (χ2n) is 8.07. The number of amides is 1. The van der Waals surface area contributed by atoms with Gasteiger partial charge in [-0.05, 0) is 55.8 Å². The standard InChI is InChI=1S/C25H30N4O2/c1-5-27-11-13-28(14-12-27)25(30)24-17-22(20-7-6-8-21(16-20)31-4)26-29(24)23-15-18(2)9-10-19(23)3/h6-10,15-17H,5,11-14H2,1-4H3. The molecule has 162 valence electrons. The van der Waals surface area contributed by atoms with Crippen LogP contribution in [0, 0.1) is 13.8 Å². The van der Waals surface area contributed by atoms with Gasteiger partial charge in [0.25, 0.3) is 5.91 Å². The van der Waals surface area contributed by atoms with Crippen LogP contribution >= 0.6 is 0 Å². The molecule has 1 aliphatic heterocycles. The molecule has 6 heteroatoms. The van der Waals surface area contributed by atoms with Crippen molar-refractivity contribution in [3.63, 3.8) is 0 Å². The summed E-state index contributed by atoms with van der Waals surface area (Å²) in [5.74, 6) is 0.792. The topological polar surface area (TPSA) is 50.6 Å². The normalized spacial score (nSPS) is 14.6. The van der Waals surface area contributed by atoms with E-state index in [1.807, 2.05) is 39.9 Å². The molecule has 0 radical (unpaired) electrons. The fourth-order valence-electron chi connectivity index (χ4n) is 4.02. The Hall–Kier alpha value is -3.12. The van der Waals surface area contributed by atoms with Gasteiger partial charge in [-0.3, -0.25) is 4.79 Å². The number of carbonyl (C=O) groups is 1. The van der Waals surface area contributed by atoms with Gasteiger partial charge in [-0.2, -0.15) is 5.10 Å². The van der Waals surface area contributed by atoms with E-state index in [2.05, 4.69) is 43.9 Å². The molecule has 0 aliphatic carbocycles. The molecule has 3 aromatic rings. The van der Waals surface area contributed by atoms with Gasteiger partial charge in [0.2, 0.25) is 0 Å². The maximum absolute atomic E-state index is 13.6. The minimum absolute atomic E-state index is 0.0262. The van der Waals surface area contributed by atoms with Crippen LogP contribution in [0.4, 0.5) is 0 Å². The molecule has 1 saturated heterocycles. The third-order valence-electron chi connectivity index (χ3n) is 5.99. The average molecular weight is 419 g/mol. The molecule has 1 fully saturated rings. The molecule has 2 heterocycles. The SMILES string of the molecule is CCN1CCN(C(=O)c2cc(-c3cccc(OC)c3)nn2-c2cc(C)ccc2C)CC1. The van der Waals surface area contributed by atoms with Gasteiger partial charge in [-0.25, -0.2) is 4.68 Å². The summed E-state index contributed by atoms with van der Waals surface area (Å²) >= 11 is 0. The van der Waals surface area contributed by atoms with Gasteiger partial charge in [-0.15, -0.1) is 0 Å². The van der Waals surface area contributed by atoms with Crippen molar-refractivity contribution in [2.75, 3.05) is 39.8 Å². The molecule has 1 amide bonds. The van der Waals surface area contributed by atoms with Crippen LogP contribution in [0.2, 0.25) is 0 Å². The number of aryl methyl sites for hydroxylation is 2. The fraction of sp³-hybridized carbons (Fsp3) is 0.360. The maximum Gasteiger partial charge on any atom is 0.272 e. The highest BCUT2D eigenvalue weighted by atomic mass is 16.5. The smallest absolute Gasteiger partial charge is 0.272 e. The number of aromatic nitrogens is 2. The van der Waals surface area contributed by atoms with E-state index in [1.54, 1.807) is 7.11 Å². The van der Waals surface area contributed by atoms with Crippen LogP contribution in [-0.2, 0) is 0 Å². The van der Waals surface area contributed by atoms with Crippen LogP contribution in [0.25, 0.3) is 16.9 Å². The van der Waals surface area contributed by atoms with Crippen LogP contribution in [0.1, 0.15) is 28.5 Å². The molecular weight excluding hydrogens is 388 g/mol. The van der Waals surface area contributed by atoms with Crippen molar-refractivity contribution >= 4 is 5.91 Å². The molecule has 0 saturated carbocycles. The van der Waals surface area contributed by atoms with E-state index in [-0.39, 0.29) is 5.91 Å². The molecular formula is C25H30N4O2. The quantitative estimate of drug-likeness (QED) is 0.630. The zero-order valence-corrected chi connectivity index (χ0v) is 18.8. The van der Waals surface area contributed by atoms with E-state index >= 15 is 0 Å². The number of methoxy groups -OCH3 is 1. The Bertz CT molecular complexity index is 1080. The maximum atomic E-state index is 13.6. The van der Waals surface area contributed by atoms with Crippen molar-refractivity contribution in [1.82, 2.24) is 19.6 Å². The molecule has 0 spiro atoms. The molecule has 2 aromatic carbocycles. The number of benzene rings is 2. The third kappa shape index (κ3) is 4.35. The lowest BCUT2D eigenvalue weighted by atomic mass is 10.1. The molecule has 0 unspecified atom stereocenters. The molecule has 4 rings (SSSR count). The zero-order valence-electron chi connectivity index (χ0n) is 18.8. The van der Waals surface area contributed by atoms with Crippen molar-refractivity contribution in [2.24, 2.45) is 0 Å². The zero-order chi connectivity index (χ0) is 22.0. The summed E-state index contributed by atoms with van der Waals surface area (Å²) in [6, 6.07) is 15.9. The number of piperazine rings is 1. The lowest BCUT2D eigenvalue weighted by Crippen LogP contribution is -2.48. The van der Waals surface area contributed by atoms with Crippen LogP contribution in [-0.4, -0.2) is 65.3 Å². The van der Waals surface area contributed by atoms with E-state index in [0.29, 0.717) is 5.69 Å². The van der Waals surface area contributed by atoms with E-state index < -0.39 is 0 Å². The van der Waals surface area contributed by atoms with Crippen molar-refractivity contribution < 1.29 is 9.53 Å². The number of nitrogens with zero attached hydrogens (tertiary/aromatic N) is 4. The van der Waals surface area contributed by atoms with Crippen molar-refractivity contribution in [3.05, 3.63) is 65.4 Å². The lowest BCUT2D eigenvalue weighted by molar-refractivity contribution is 0.0634. The lowest BCUT2D eigenvalue weighted by Gasteiger charge is -2.34. The highest BCUT2D eigenvalue weighted by molar-refractivity contribution is 5.94. The Labute approximate surface area is 184 Å². The average Bonchev–Trinajstić information content (AvgIpc) is 3.25. The first-order valence-corrected chi connectivity index (χ1v) is 10.8. The van der Waals surface area contributed by atoms with Gasteiger partial charge in [0.05, 0.1) is 18.5 Å². The minimum atomic E-state index is 0.0262. The first-order chi connectivity index (χ1) is 15.0. The monoisotopic (exact) mass is 418 g/mol. The van der Waals surface area contributed by atoms with Crippen molar-refractivity contribution in [1.29, 1.82) is 0 Å². The van der Waals surface area contributed by atoms with Gasteiger partial charge in [0.15, 0.2) is 0 Å². The number of ether oxygens (including phenoxy) is 1. The van der Waals surface area contributed by atoms with Crippen LogP contribution < -0.4 is 4.74 Å². The van der Waals surface area contributed by atoms with Gasteiger partial charge < -0.3 is 14.5 Å². The molecule has 0 N–H and O–H groups in total. The summed E-state index contributed by atoms with van der Waals surface area (Å²) in [5.41, 5.74) is 5.43. The van der Waals surface area contributed by atoms with Crippen molar-refractivity contribution in [3.8, 4) is 22.7 Å². The highest BCUT2D eigenvalue weighted by Crippen LogP contribution is 2.27. The Morgan fingerprint density at radius 3 is 2.52 bits per heavy atom. The molecule has 0 bridgehead atoms. The van der Waals surface area contributed by atoms with Crippen LogP contribution in [0.5, 0.6) is 5.75 Å². The van der Waals surface area contributed by atoms with E-state index in [4.69, 9.17) is 9.84 Å². The van der Waals surface area contributed by atoms with Crippen LogP contribution in [0.15, 0.2) is 48.5 Å². The second-order valence-corrected chi connectivity index (χ2v) is 8.07. The number of hydrogen-bond donors (Lipinski definition) is 0. The first-order valence-electron chi connectivity index (χ1n) is 10.8. The van der Waals surface area contributed by atoms with Crippen molar-refractivity contribution in [2.45, 2.75) is 20.8 Å². The Morgan fingerprint density at radius 1 is 1.03 bits per heavy atom. The van der Waals surface area contributed by atoms with Gasteiger partial charge in [0, 0.05) is 31.7 Å². The van der Waals surface area contributed by atoms with E-state index in [9.17, 15) is 4.79 Å². The summed E-state index contributed by atoms with van der Waals surface area (Å²) in [7, 11) is 1.65. The summed E-state index contributed by atoms with van der Waals surface area (Å²) < 4.78 is 7.19. The second kappa shape index (κ2) is 8.94. The number of carbonyl (C=O) groups excluding carboxylic acids is 1. The Balaban J connectivity index is 1.78. The van der Waals surface area contributed by atoms with Gasteiger partial charge in [-0.1, -0.05) is 31.2 Å². The van der Waals surface area contributed by atoms with Gasteiger partial charge >= 0.3 is 0 Å². The summed E-state index contributed by atoms with van der Waals surface area (Å²) in [5, 5.41) is 4.88. The molecule has 1 aliphatic rings. The Kier molecular flexibility index (Phi) is 6.09. The third-order valence-corrected chi connectivity index (χ3v) is 5.99. The molecule has 1 aromatic heterocycles. The summed E-state index contributed by atoms with van der Waals surface area (Å²) in [6.45, 7) is 10.6. The first kappa shape index (κ1) is 21.1. The number of hydrogen-bond acceptors (Lipinski definition) is 4. The van der Waals surface area contributed by atoms with E-state index in [1.165, 1.54) is 0 Å². The highest BCUT2D eigenvalue weighted by Gasteiger charge is 2.26. The van der Waals surface area contributed by atoms with E-state index in [0.717, 1.165) is 66.5 Å². The van der Waals surface area contributed by atoms with Gasteiger partial charge in [0.1, 0.15) is 11.4 Å². The molecule has 6 nitrogen and oxygen atoms in total. The molecule has 0 atom stereocenters. The predicted octanol–water partition coefficient (Wildman–Crippen LogP) is 3.94. The largest absolute Gasteiger partial charge is 0.497 e. The minimum Gasteiger partial charge on any atom is -0.497 e. The summed E-state index contributed by atoms with van der Waals surface area (Å²) in [4.78, 5) is 17.9. The Morgan fingerprint density at radius 2 is 1.81 bits per heavy atom. The van der Waals surface area contributed by atoms with Crippen LogP contribution in [0.3, 0.4) is 0 Å². The molecule has 31 heavy (non-hydrogen) atoms. The predicted molar refractivity (Wildman–Crippen MR) is 123 cm³/mol. The fourth-order valence-corrected chi connectivity index (χ4v) is 4.02. The number of likely N-dealkylation sites (N-methyl/N-ethyl adjacent to an activating group) is 1.